The second kappa shape index (κ2) is 6.72. The molecule has 0 aliphatic heterocycles. The molecule has 4 nitrogen and oxygen atoms in total. The maximum Gasteiger partial charge on any atom is 0.0628 e. The van der Waals surface area contributed by atoms with Crippen LogP contribution in [0.25, 0.3) is 0 Å². The summed E-state index contributed by atoms with van der Waals surface area (Å²) in [4.78, 5) is 0. The lowest BCUT2D eigenvalue weighted by atomic mass is 9.77. The van der Waals surface area contributed by atoms with Crippen LogP contribution in [-0.2, 0) is 13.5 Å². The molecule has 1 aromatic heterocycles. The zero-order valence-corrected chi connectivity index (χ0v) is 13.4. The van der Waals surface area contributed by atoms with E-state index < -0.39 is 0 Å². The van der Waals surface area contributed by atoms with Crippen molar-refractivity contribution in [2.45, 2.75) is 65.3 Å². The number of hydrogen-bond acceptors (Lipinski definition) is 3. The molecule has 0 amide bonds. The molecule has 114 valence electrons. The van der Waals surface area contributed by atoms with Gasteiger partial charge in [0.2, 0.25) is 0 Å². The predicted molar refractivity (Wildman–Crippen MR) is 83.2 cm³/mol. The van der Waals surface area contributed by atoms with E-state index in [0.29, 0.717) is 6.04 Å². The molecule has 1 fully saturated rings. The monoisotopic (exact) mass is 278 g/mol. The Bertz CT molecular complexity index is 438. The average molecular weight is 278 g/mol. The Morgan fingerprint density at radius 3 is 2.70 bits per heavy atom. The van der Waals surface area contributed by atoms with Gasteiger partial charge in [0, 0.05) is 18.8 Å². The van der Waals surface area contributed by atoms with Crippen LogP contribution in [0.1, 0.15) is 56.0 Å². The van der Waals surface area contributed by atoms with Crippen molar-refractivity contribution >= 4 is 0 Å². The van der Waals surface area contributed by atoms with Crippen molar-refractivity contribution in [2.75, 3.05) is 0 Å². The van der Waals surface area contributed by atoms with Crippen LogP contribution in [0.5, 0.6) is 0 Å². The molecule has 1 aliphatic carbocycles. The highest BCUT2D eigenvalue weighted by atomic mass is 15.3. The summed E-state index contributed by atoms with van der Waals surface area (Å²) in [5.74, 6) is 7.41. The number of aromatic nitrogens is 2. The van der Waals surface area contributed by atoms with Crippen LogP contribution in [0, 0.1) is 25.7 Å². The van der Waals surface area contributed by atoms with Crippen molar-refractivity contribution in [1.82, 2.24) is 15.2 Å². The van der Waals surface area contributed by atoms with Crippen molar-refractivity contribution in [3.8, 4) is 0 Å². The van der Waals surface area contributed by atoms with Crippen molar-refractivity contribution < 1.29 is 0 Å². The quantitative estimate of drug-likeness (QED) is 0.643. The molecule has 2 rings (SSSR count). The molecule has 1 aromatic rings. The highest BCUT2D eigenvalue weighted by Gasteiger charge is 2.26. The SMILES string of the molecule is Cc1nn(C)c(C)c1CCC(NN)C1CCCC(C)C1. The van der Waals surface area contributed by atoms with Crippen LogP contribution < -0.4 is 11.3 Å². The second-order valence-electron chi connectivity index (χ2n) is 6.62. The highest BCUT2D eigenvalue weighted by Crippen LogP contribution is 2.32. The van der Waals surface area contributed by atoms with Gasteiger partial charge in [0.15, 0.2) is 0 Å². The number of nitrogens with zero attached hydrogens (tertiary/aromatic N) is 2. The summed E-state index contributed by atoms with van der Waals surface area (Å²) in [5, 5.41) is 4.50. The average Bonchev–Trinajstić information content (AvgIpc) is 2.65. The molecule has 0 aromatic carbocycles. The molecule has 0 radical (unpaired) electrons. The van der Waals surface area contributed by atoms with Crippen molar-refractivity contribution in [3.05, 3.63) is 17.0 Å². The van der Waals surface area contributed by atoms with Crippen LogP contribution in [0.3, 0.4) is 0 Å². The van der Waals surface area contributed by atoms with Gasteiger partial charge in [0.25, 0.3) is 0 Å². The van der Waals surface area contributed by atoms with E-state index in [1.807, 2.05) is 11.7 Å². The molecule has 3 unspecified atom stereocenters. The molecule has 0 spiro atoms. The fourth-order valence-electron chi connectivity index (χ4n) is 3.78. The van der Waals surface area contributed by atoms with E-state index >= 15 is 0 Å². The summed E-state index contributed by atoms with van der Waals surface area (Å²) in [6.07, 6.45) is 7.57. The molecule has 3 atom stereocenters. The number of nitrogens with two attached hydrogens (primary N) is 1. The molecule has 20 heavy (non-hydrogen) atoms. The van der Waals surface area contributed by atoms with Gasteiger partial charge in [-0.1, -0.05) is 19.8 Å². The zero-order valence-electron chi connectivity index (χ0n) is 13.4. The summed E-state index contributed by atoms with van der Waals surface area (Å²) < 4.78 is 1.98. The van der Waals surface area contributed by atoms with Crippen molar-refractivity contribution in [2.24, 2.45) is 24.7 Å². The van der Waals surface area contributed by atoms with Gasteiger partial charge in [0.1, 0.15) is 0 Å². The minimum absolute atomic E-state index is 0.441. The fourth-order valence-corrected chi connectivity index (χ4v) is 3.78. The minimum atomic E-state index is 0.441. The van der Waals surface area contributed by atoms with Crippen LogP contribution in [0.2, 0.25) is 0 Å². The molecular formula is C16H30N4. The summed E-state index contributed by atoms with van der Waals surface area (Å²) >= 11 is 0. The molecule has 3 N–H and O–H groups in total. The van der Waals surface area contributed by atoms with E-state index in [2.05, 4.69) is 31.3 Å². The smallest absolute Gasteiger partial charge is 0.0628 e. The van der Waals surface area contributed by atoms with Crippen LogP contribution in [0.4, 0.5) is 0 Å². The van der Waals surface area contributed by atoms with Gasteiger partial charge in [-0.05, 0) is 56.9 Å². The molecule has 0 bridgehead atoms. The van der Waals surface area contributed by atoms with Gasteiger partial charge in [-0.2, -0.15) is 5.10 Å². The van der Waals surface area contributed by atoms with E-state index in [-0.39, 0.29) is 0 Å². The van der Waals surface area contributed by atoms with E-state index in [1.165, 1.54) is 36.9 Å². The Labute approximate surface area is 123 Å². The largest absolute Gasteiger partial charge is 0.272 e. The maximum absolute atomic E-state index is 5.82. The number of hydrazine groups is 1. The number of nitrogens with one attached hydrogen (secondary N) is 1. The lowest BCUT2D eigenvalue weighted by molar-refractivity contribution is 0.216. The summed E-state index contributed by atoms with van der Waals surface area (Å²) in [6, 6.07) is 0.441. The molecule has 0 saturated heterocycles. The normalized spacial score (nSPS) is 24.9. The fraction of sp³-hybridized carbons (Fsp3) is 0.812. The van der Waals surface area contributed by atoms with E-state index in [1.54, 1.807) is 0 Å². The lowest BCUT2D eigenvalue weighted by Gasteiger charge is -2.33. The third-order valence-corrected chi connectivity index (χ3v) is 5.12. The topological polar surface area (TPSA) is 55.9 Å². The lowest BCUT2D eigenvalue weighted by Crippen LogP contribution is -2.42. The predicted octanol–water partition coefficient (Wildman–Crippen LogP) is 2.63. The molecule has 1 saturated carbocycles. The molecule has 1 heterocycles. The first kappa shape index (κ1) is 15.5. The summed E-state index contributed by atoms with van der Waals surface area (Å²) in [6.45, 7) is 6.63. The van der Waals surface area contributed by atoms with E-state index in [9.17, 15) is 0 Å². The first-order valence-corrected chi connectivity index (χ1v) is 7.98. The first-order chi connectivity index (χ1) is 9.52. The van der Waals surface area contributed by atoms with Gasteiger partial charge in [-0.15, -0.1) is 0 Å². The van der Waals surface area contributed by atoms with Gasteiger partial charge in [-0.3, -0.25) is 16.0 Å². The van der Waals surface area contributed by atoms with Gasteiger partial charge >= 0.3 is 0 Å². The van der Waals surface area contributed by atoms with Crippen molar-refractivity contribution in [3.63, 3.8) is 0 Å². The Balaban J connectivity index is 1.96. The maximum atomic E-state index is 5.82. The standard InChI is InChI=1S/C16H30N4/c1-11-6-5-7-14(10-11)16(18-17)9-8-15-12(2)19-20(4)13(15)3/h11,14,16,18H,5-10,17H2,1-4H3. The number of aryl methyl sites for hydroxylation is 2. The van der Waals surface area contributed by atoms with E-state index in [4.69, 9.17) is 5.84 Å². The van der Waals surface area contributed by atoms with E-state index in [0.717, 1.165) is 30.4 Å². The minimum Gasteiger partial charge on any atom is -0.272 e. The van der Waals surface area contributed by atoms with Crippen molar-refractivity contribution in [1.29, 1.82) is 0 Å². The highest BCUT2D eigenvalue weighted by molar-refractivity contribution is 5.24. The third-order valence-electron chi connectivity index (χ3n) is 5.12. The van der Waals surface area contributed by atoms with Gasteiger partial charge in [0.05, 0.1) is 5.69 Å². The zero-order chi connectivity index (χ0) is 14.7. The summed E-state index contributed by atoms with van der Waals surface area (Å²) in [5.41, 5.74) is 6.93. The molecule has 4 heteroatoms. The Hall–Kier alpha value is -0.870. The third kappa shape index (κ3) is 3.41. The number of hydrogen-bond donors (Lipinski definition) is 2. The van der Waals surface area contributed by atoms with Crippen LogP contribution >= 0.6 is 0 Å². The first-order valence-electron chi connectivity index (χ1n) is 7.98. The number of rotatable bonds is 5. The van der Waals surface area contributed by atoms with Gasteiger partial charge < -0.3 is 0 Å². The Kier molecular flexibility index (Phi) is 5.22. The molecular weight excluding hydrogens is 248 g/mol. The van der Waals surface area contributed by atoms with Crippen LogP contribution in [-0.4, -0.2) is 15.8 Å². The molecule has 1 aliphatic rings. The second-order valence-corrected chi connectivity index (χ2v) is 6.62. The Morgan fingerprint density at radius 2 is 2.15 bits per heavy atom. The summed E-state index contributed by atoms with van der Waals surface area (Å²) in [7, 11) is 2.02. The van der Waals surface area contributed by atoms with Crippen LogP contribution in [0.15, 0.2) is 0 Å². The Morgan fingerprint density at radius 1 is 1.40 bits per heavy atom. The van der Waals surface area contributed by atoms with Gasteiger partial charge in [-0.25, -0.2) is 0 Å².